The van der Waals surface area contributed by atoms with Gasteiger partial charge in [0, 0.05) is 65.4 Å². The lowest BCUT2D eigenvalue weighted by Crippen LogP contribution is -2.15. The molecule has 0 aliphatic heterocycles. The molecule has 1 amide bonds. The Kier molecular flexibility index (Phi) is 6.65. The average molecular weight is 569 g/mol. The number of carbonyl (C=O) groups excluding carboxylic acids is 1. The second-order valence-electron chi connectivity index (χ2n) is 9.67. The van der Waals surface area contributed by atoms with Gasteiger partial charge < -0.3 is 19.6 Å². The lowest BCUT2D eigenvalue weighted by Gasteiger charge is -2.15. The molecule has 0 radical (unpaired) electrons. The number of alkyl halides is 3. The zero-order valence-corrected chi connectivity index (χ0v) is 22.4. The van der Waals surface area contributed by atoms with Gasteiger partial charge in [-0.25, -0.2) is 15.0 Å². The minimum atomic E-state index is -4.64. The standard InChI is InChI=1S/C30H23F3N8O/c1-18-5-6-23(37-29(42)21-10-22(30(31,32)33)12-24(11-21)41-15-19(2)36-17-41)13-25(18)38-27-28-35-8-9-40(28)16-26(39-27)20-4-3-7-34-14-20/h3-17H,1-2H3,(H,37,42)(H,38,39). The normalized spacial score (nSPS) is 11.5. The summed E-state index contributed by atoms with van der Waals surface area (Å²) in [7, 11) is 0. The van der Waals surface area contributed by atoms with E-state index >= 15 is 0 Å². The molecule has 210 valence electrons. The highest BCUT2D eigenvalue weighted by Crippen LogP contribution is 2.32. The predicted molar refractivity (Wildman–Crippen MR) is 152 cm³/mol. The Bertz CT molecular complexity index is 1930. The molecule has 0 fully saturated rings. The van der Waals surface area contributed by atoms with E-state index in [9.17, 15) is 18.0 Å². The molecule has 0 aliphatic carbocycles. The van der Waals surface area contributed by atoms with Crippen LogP contribution >= 0.6 is 0 Å². The van der Waals surface area contributed by atoms with Crippen LogP contribution in [0.3, 0.4) is 0 Å². The number of aromatic nitrogens is 6. The van der Waals surface area contributed by atoms with Crippen LogP contribution in [0.5, 0.6) is 0 Å². The van der Waals surface area contributed by atoms with Gasteiger partial charge in [-0.1, -0.05) is 6.07 Å². The van der Waals surface area contributed by atoms with Crippen LogP contribution < -0.4 is 10.6 Å². The number of aryl methyl sites for hydroxylation is 2. The van der Waals surface area contributed by atoms with Crippen LogP contribution in [0.15, 0.2) is 92.0 Å². The highest BCUT2D eigenvalue weighted by Gasteiger charge is 2.32. The van der Waals surface area contributed by atoms with Gasteiger partial charge in [0.1, 0.15) is 0 Å². The maximum Gasteiger partial charge on any atom is 0.416 e. The summed E-state index contributed by atoms with van der Waals surface area (Å²) in [6.45, 7) is 3.61. The molecule has 0 saturated heterocycles. The number of nitrogens with one attached hydrogen (secondary N) is 2. The number of carbonyl (C=O) groups is 1. The second-order valence-corrected chi connectivity index (χ2v) is 9.67. The van der Waals surface area contributed by atoms with Gasteiger partial charge in [-0.3, -0.25) is 9.78 Å². The van der Waals surface area contributed by atoms with Gasteiger partial charge in [0.2, 0.25) is 0 Å². The van der Waals surface area contributed by atoms with Crippen molar-refractivity contribution in [3.8, 4) is 16.9 Å². The maximum atomic E-state index is 13.7. The molecule has 2 aromatic carbocycles. The fourth-order valence-electron chi connectivity index (χ4n) is 4.45. The Morgan fingerprint density at radius 2 is 1.83 bits per heavy atom. The molecule has 0 unspecified atom stereocenters. The Morgan fingerprint density at radius 3 is 2.57 bits per heavy atom. The van der Waals surface area contributed by atoms with Gasteiger partial charge in [0.05, 0.1) is 23.3 Å². The molecule has 4 aromatic heterocycles. The SMILES string of the molecule is Cc1cn(-c2cc(C(=O)Nc3ccc(C)c(Nc4nc(-c5cccnc5)cn5ccnc45)c3)cc(C(F)(F)F)c2)cn1. The first-order valence-electron chi connectivity index (χ1n) is 12.8. The number of halogens is 3. The second kappa shape index (κ2) is 10.5. The summed E-state index contributed by atoms with van der Waals surface area (Å²) in [6, 6.07) is 12.1. The third kappa shape index (κ3) is 5.42. The molecule has 0 spiro atoms. The number of nitrogens with zero attached hydrogens (tertiary/aromatic N) is 6. The lowest BCUT2D eigenvalue weighted by molar-refractivity contribution is -0.137. The van der Waals surface area contributed by atoms with Crippen LogP contribution in [0.2, 0.25) is 0 Å². The van der Waals surface area contributed by atoms with E-state index in [4.69, 9.17) is 4.98 Å². The van der Waals surface area contributed by atoms with Crippen molar-refractivity contribution in [3.63, 3.8) is 0 Å². The molecule has 0 atom stereocenters. The van der Waals surface area contributed by atoms with E-state index in [0.717, 1.165) is 23.3 Å². The van der Waals surface area contributed by atoms with Crippen molar-refractivity contribution < 1.29 is 18.0 Å². The van der Waals surface area contributed by atoms with E-state index in [2.05, 4.69) is 25.6 Å². The highest BCUT2D eigenvalue weighted by molar-refractivity contribution is 6.05. The van der Waals surface area contributed by atoms with Crippen LogP contribution in [-0.4, -0.2) is 34.8 Å². The number of fused-ring (bicyclic) bond motifs is 1. The van der Waals surface area contributed by atoms with Crippen LogP contribution in [0, 0.1) is 13.8 Å². The van der Waals surface area contributed by atoms with Crippen molar-refractivity contribution in [1.82, 2.24) is 28.9 Å². The molecule has 0 aliphatic rings. The van der Waals surface area contributed by atoms with Gasteiger partial charge >= 0.3 is 6.18 Å². The van der Waals surface area contributed by atoms with E-state index in [0.29, 0.717) is 34.2 Å². The number of benzene rings is 2. The average Bonchev–Trinajstić information content (AvgIpc) is 3.64. The zero-order chi connectivity index (χ0) is 29.4. The third-order valence-electron chi connectivity index (χ3n) is 6.60. The van der Waals surface area contributed by atoms with E-state index in [1.165, 1.54) is 17.0 Å². The monoisotopic (exact) mass is 568 g/mol. The first-order chi connectivity index (χ1) is 20.1. The van der Waals surface area contributed by atoms with Crippen LogP contribution in [0.1, 0.15) is 27.2 Å². The molecular weight excluding hydrogens is 545 g/mol. The molecule has 0 saturated carbocycles. The van der Waals surface area contributed by atoms with Gasteiger partial charge in [-0.2, -0.15) is 13.2 Å². The number of anilines is 3. The maximum absolute atomic E-state index is 13.7. The molecular formula is C30H23F3N8O. The number of pyridine rings is 1. The van der Waals surface area contributed by atoms with Crippen molar-refractivity contribution >= 4 is 28.7 Å². The van der Waals surface area contributed by atoms with Crippen molar-refractivity contribution in [2.75, 3.05) is 10.6 Å². The van der Waals surface area contributed by atoms with Gasteiger partial charge in [-0.15, -0.1) is 0 Å². The van der Waals surface area contributed by atoms with Crippen LogP contribution in [-0.2, 0) is 6.18 Å². The van der Waals surface area contributed by atoms with Crippen molar-refractivity contribution in [2.45, 2.75) is 20.0 Å². The van der Waals surface area contributed by atoms with Crippen LogP contribution in [0.4, 0.5) is 30.4 Å². The molecule has 9 nitrogen and oxygen atoms in total. The number of rotatable bonds is 6. The Labute approximate surface area is 237 Å². The Morgan fingerprint density at radius 1 is 0.976 bits per heavy atom. The molecule has 4 heterocycles. The number of hydrogen-bond donors (Lipinski definition) is 2. The summed E-state index contributed by atoms with van der Waals surface area (Å²) < 4.78 is 44.4. The molecule has 6 rings (SSSR count). The van der Waals surface area contributed by atoms with Crippen LogP contribution in [0.25, 0.3) is 22.6 Å². The summed E-state index contributed by atoms with van der Waals surface area (Å²) in [5, 5.41) is 6.02. The molecule has 42 heavy (non-hydrogen) atoms. The topological polar surface area (TPSA) is 102 Å². The summed E-state index contributed by atoms with van der Waals surface area (Å²) in [5.74, 6) is -0.215. The Hall–Kier alpha value is -5.52. The first kappa shape index (κ1) is 26.7. The van der Waals surface area contributed by atoms with Gasteiger partial charge in [0.25, 0.3) is 5.91 Å². The Balaban J connectivity index is 1.31. The van der Waals surface area contributed by atoms with Gasteiger partial charge in [0.15, 0.2) is 11.5 Å². The first-order valence-corrected chi connectivity index (χ1v) is 12.8. The smallest absolute Gasteiger partial charge is 0.337 e. The summed E-state index contributed by atoms with van der Waals surface area (Å²) >= 11 is 0. The minimum absolute atomic E-state index is 0.147. The van der Waals surface area contributed by atoms with E-state index < -0.39 is 17.6 Å². The van der Waals surface area contributed by atoms with Crippen molar-refractivity contribution in [1.29, 1.82) is 0 Å². The molecule has 2 N–H and O–H groups in total. The van der Waals surface area contributed by atoms with Crippen molar-refractivity contribution in [3.05, 3.63) is 114 Å². The zero-order valence-electron chi connectivity index (χ0n) is 22.4. The van der Waals surface area contributed by atoms with Gasteiger partial charge in [-0.05, 0) is 61.9 Å². The van der Waals surface area contributed by atoms with E-state index in [-0.39, 0.29) is 11.3 Å². The number of imidazole rings is 2. The third-order valence-corrected chi connectivity index (χ3v) is 6.60. The summed E-state index contributed by atoms with van der Waals surface area (Å²) in [4.78, 5) is 30.6. The minimum Gasteiger partial charge on any atom is -0.337 e. The molecule has 6 aromatic rings. The molecule has 12 heteroatoms. The predicted octanol–water partition coefficient (Wildman–Crippen LogP) is 6.61. The summed E-state index contributed by atoms with van der Waals surface area (Å²) in [5.41, 5.74) is 3.66. The fraction of sp³-hybridized carbons (Fsp3) is 0.100. The van der Waals surface area contributed by atoms with E-state index in [1.807, 2.05) is 29.7 Å². The number of hydrogen-bond acceptors (Lipinski definition) is 6. The fourth-order valence-corrected chi connectivity index (χ4v) is 4.45. The lowest BCUT2D eigenvalue weighted by atomic mass is 10.1. The summed E-state index contributed by atoms with van der Waals surface area (Å²) in [6.07, 6.45) is 7.05. The highest BCUT2D eigenvalue weighted by atomic mass is 19.4. The van der Waals surface area contributed by atoms with E-state index in [1.54, 1.807) is 56.1 Å². The van der Waals surface area contributed by atoms with Crippen molar-refractivity contribution in [2.24, 2.45) is 0 Å². The molecule has 0 bridgehead atoms. The largest absolute Gasteiger partial charge is 0.416 e. The quantitative estimate of drug-likeness (QED) is 0.235. The number of amides is 1.